The van der Waals surface area contributed by atoms with Gasteiger partial charge in [0.05, 0.1) is 13.7 Å². The van der Waals surface area contributed by atoms with Crippen LogP contribution in [0.2, 0.25) is 0 Å². The molecule has 0 spiro atoms. The lowest BCUT2D eigenvalue weighted by molar-refractivity contribution is -0.127. The summed E-state index contributed by atoms with van der Waals surface area (Å²) in [6.07, 6.45) is 3.07. The molecule has 2 atom stereocenters. The van der Waals surface area contributed by atoms with Crippen LogP contribution in [0, 0.1) is 11.8 Å². The Morgan fingerprint density at radius 1 is 1.25 bits per heavy atom. The van der Waals surface area contributed by atoms with E-state index in [0.717, 1.165) is 30.7 Å². The minimum Gasteiger partial charge on any atom is -0.497 e. The third-order valence-corrected chi connectivity index (χ3v) is 4.80. The van der Waals surface area contributed by atoms with Crippen molar-refractivity contribution in [2.45, 2.75) is 46.1 Å². The van der Waals surface area contributed by atoms with Crippen molar-refractivity contribution in [1.29, 1.82) is 0 Å². The molecule has 0 heterocycles. The molecule has 1 N–H and O–H groups in total. The first-order chi connectivity index (χ1) is 11.5. The molecule has 5 heteroatoms. The van der Waals surface area contributed by atoms with Crippen LogP contribution in [0.3, 0.4) is 0 Å². The molecule has 0 aliphatic heterocycles. The summed E-state index contributed by atoms with van der Waals surface area (Å²) >= 11 is 0. The second-order valence-electron chi connectivity index (χ2n) is 6.57. The topological polar surface area (TPSA) is 58.6 Å². The zero-order valence-corrected chi connectivity index (χ0v) is 15.0. The fourth-order valence-corrected chi connectivity index (χ4v) is 2.75. The summed E-state index contributed by atoms with van der Waals surface area (Å²) in [4.78, 5) is 26.5. The van der Waals surface area contributed by atoms with Crippen LogP contribution in [-0.4, -0.2) is 31.5 Å². The molecule has 1 aromatic carbocycles. The predicted octanol–water partition coefficient (Wildman–Crippen LogP) is 2.99. The van der Waals surface area contributed by atoms with E-state index in [-0.39, 0.29) is 30.3 Å². The summed E-state index contributed by atoms with van der Waals surface area (Å²) in [7, 11) is 1.62. The van der Waals surface area contributed by atoms with Crippen molar-refractivity contribution in [2.24, 2.45) is 11.8 Å². The average molecular weight is 332 g/mol. The van der Waals surface area contributed by atoms with Crippen LogP contribution in [0.15, 0.2) is 24.3 Å². The summed E-state index contributed by atoms with van der Waals surface area (Å²) in [5.74, 6) is 1.08. The van der Waals surface area contributed by atoms with Gasteiger partial charge in [-0.1, -0.05) is 13.8 Å². The van der Waals surface area contributed by atoms with Crippen LogP contribution < -0.4 is 15.0 Å². The van der Waals surface area contributed by atoms with Gasteiger partial charge < -0.3 is 15.0 Å². The number of hydrogen-bond acceptors (Lipinski definition) is 3. The minimum absolute atomic E-state index is 0.0340. The van der Waals surface area contributed by atoms with Crippen molar-refractivity contribution >= 4 is 17.5 Å². The molecule has 0 aromatic heterocycles. The van der Waals surface area contributed by atoms with Gasteiger partial charge in [-0.05, 0) is 56.4 Å². The van der Waals surface area contributed by atoms with Crippen LogP contribution in [0.25, 0.3) is 0 Å². The first-order valence-electron chi connectivity index (χ1n) is 8.71. The Morgan fingerprint density at radius 3 is 2.38 bits per heavy atom. The summed E-state index contributed by atoms with van der Waals surface area (Å²) in [5, 5.41) is 2.77. The lowest BCUT2D eigenvalue weighted by atomic mass is 10.1. The second kappa shape index (κ2) is 8.18. The molecule has 132 valence electrons. The number of methoxy groups -OCH3 is 1. The van der Waals surface area contributed by atoms with Crippen molar-refractivity contribution in [1.82, 2.24) is 5.32 Å². The van der Waals surface area contributed by atoms with Crippen molar-refractivity contribution in [2.75, 3.05) is 18.6 Å². The third-order valence-electron chi connectivity index (χ3n) is 4.80. The van der Waals surface area contributed by atoms with E-state index < -0.39 is 0 Å². The molecule has 1 aliphatic carbocycles. The lowest BCUT2D eigenvalue weighted by Crippen LogP contribution is -2.46. The number of ether oxygens (including phenoxy) is 1. The molecule has 1 saturated carbocycles. The van der Waals surface area contributed by atoms with E-state index in [0.29, 0.717) is 5.92 Å². The highest BCUT2D eigenvalue weighted by molar-refractivity contribution is 5.97. The molecule has 2 rings (SSSR count). The van der Waals surface area contributed by atoms with Gasteiger partial charge in [-0.15, -0.1) is 0 Å². The van der Waals surface area contributed by atoms with Crippen molar-refractivity contribution < 1.29 is 14.3 Å². The predicted molar refractivity (Wildman–Crippen MR) is 95.1 cm³/mol. The monoisotopic (exact) mass is 332 g/mol. The fraction of sp³-hybridized carbons (Fsp3) is 0.579. The number of anilines is 1. The summed E-state index contributed by atoms with van der Waals surface area (Å²) in [6, 6.07) is 7.63. The zero-order valence-electron chi connectivity index (χ0n) is 15.0. The molecule has 0 saturated heterocycles. The summed E-state index contributed by atoms with van der Waals surface area (Å²) < 4.78 is 5.19. The van der Waals surface area contributed by atoms with Crippen molar-refractivity contribution in [3.05, 3.63) is 24.3 Å². The first kappa shape index (κ1) is 18.3. The van der Waals surface area contributed by atoms with Crippen LogP contribution >= 0.6 is 0 Å². The smallest absolute Gasteiger partial charge is 0.246 e. The number of nitrogens with one attached hydrogen (secondary N) is 1. The SMILES string of the molecule is CC[C@H](C)C(=O)NCC(=O)N(c1ccc(OC)cc1)[C@H](C)C1CC1. The van der Waals surface area contributed by atoms with Gasteiger partial charge in [0, 0.05) is 17.6 Å². The van der Waals surface area contributed by atoms with E-state index in [1.54, 1.807) is 7.11 Å². The van der Waals surface area contributed by atoms with E-state index in [1.807, 2.05) is 43.0 Å². The molecule has 0 bridgehead atoms. The fourth-order valence-electron chi connectivity index (χ4n) is 2.75. The Balaban J connectivity index is 2.10. The van der Waals surface area contributed by atoms with Gasteiger partial charge in [0.15, 0.2) is 0 Å². The molecule has 0 unspecified atom stereocenters. The molecule has 5 nitrogen and oxygen atoms in total. The van der Waals surface area contributed by atoms with Gasteiger partial charge >= 0.3 is 0 Å². The van der Waals surface area contributed by atoms with Crippen molar-refractivity contribution in [3.8, 4) is 5.75 Å². The Morgan fingerprint density at radius 2 is 1.88 bits per heavy atom. The van der Waals surface area contributed by atoms with Gasteiger partial charge in [0.25, 0.3) is 0 Å². The average Bonchev–Trinajstić information content (AvgIpc) is 3.44. The number of carbonyl (C=O) groups is 2. The molecule has 24 heavy (non-hydrogen) atoms. The standard InChI is InChI=1S/C19H28N2O3/c1-5-13(2)19(23)20-12-18(22)21(14(3)15-6-7-15)16-8-10-17(24-4)11-9-16/h8-11,13-15H,5-7,12H2,1-4H3,(H,20,23)/t13-,14+/m0/s1. The van der Waals surface area contributed by atoms with E-state index in [2.05, 4.69) is 12.2 Å². The van der Waals surface area contributed by atoms with Gasteiger partial charge in [-0.25, -0.2) is 0 Å². The number of benzene rings is 1. The molecular weight excluding hydrogens is 304 g/mol. The van der Waals surface area contributed by atoms with E-state index in [4.69, 9.17) is 4.74 Å². The van der Waals surface area contributed by atoms with Crippen LogP contribution in [0.5, 0.6) is 5.75 Å². The maximum atomic E-state index is 12.8. The molecule has 0 radical (unpaired) electrons. The highest BCUT2D eigenvalue weighted by Gasteiger charge is 2.35. The molecule has 1 aromatic rings. The number of amides is 2. The number of nitrogens with zero attached hydrogens (tertiary/aromatic N) is 1. The van der Waals surface area contributed by atoms with Gasteiger partial charge in [0.1, 0.15) is 5.75 Å². The Labute approximate surface area is 144 Å². The van der Waals surface area contributed by atoms with Crippen LogP contribution in [0.1, 0.15) is 40.0 Å². The molecular formula is C19H28N2O3. The second-order valence-corrected chi connectivity index (χ2v) is 6.57. The highest BCUT2D eigenvalue weighted by Crippen LogP contribution is 2.37. The van der Waals surface area contributed by atoms with Crippen LogP contribution in [0.4, 0.5) is 5.69 Å². The zero-order chi connectivity index (χ0) is 17.7. The Hall–Kier alpha value is -2.04. The number of carbonyl (C=O) groups excluding carboxylic acids is 2. The quantitative estimate of drug-likeness (QED) is 0.796. The maximum Gasteiger partial charge on any atom is 0.246 e. The van der Waals surface area contributed by atoms with Gasteiger partial charge in [-0.2, -0.15) is 0 Å². The largest absolute Gasteiger partial charge is 0.497 e. The summed E-state index contributed by atoms with van der Waals surface area (Å²) in [6.45, 7) is 5.95. The van der Waals surface area contributed by atoms with Crippen molar-refractivity contribution in [3.63, 3.8) is 0 Å². The maximum absolute atomic E-state index is 12.8. The number of hydrogen-bond donors (Lipinski definition) is 1. The Kier molecular flexibility index (Phi) is 6.23. The molecule has 1 aliphatic rings. The normalized spacial score (nSPS) is 16.2. The van der Waals surface area contributed by atoms with Crippen LogP contribution in [-0.2, 0) is 9.59 Å². The van der Waals surface area contributed by atoms with E-state index >= 15 is 0 Å². The molecule has 1 fully saturated rings. The third kappa shape index (κ3) is 4.49. The van der Waals surface area contributed by atoms with Gasteiger partial charge in [0.2, 0.25) is 11.8 Å². The highest BCUT2D eigenvalue weighted by atomic mass is 16.5. The number of rotatable bonds is 8. The summed E-state index contributed by atoms with van der Waals surface area (Å²) in [5.41, 5.74) is 0.845. The molecule has 2 amide bonds. The Bertz CT molecular complexity index is 566. The minimum atomic E-state index is -0.0758. The lowest BCUT2D eigenvalue weighted by Gasteiger charge is -2.30. The first-order valence-corrected chi connectivity index (χ1v) is 8.71. The van der Waals surface area contributed by atoms with Gasteiger partial charge in [-0.3, -0.25) is 9.59 Å². The van der Waals surface area contributed by atoms with E-state index in [9.17, 15) is 9.59 Å². The van der Waals surface area contributed by atoms with E-state index in [1.165, 1.54) is 0 Å².